The number of piperidine rings is 1. The van der Waals surface area contributed by atoms with Gasteiger partial charge in [-0.15, -0.1) is 0 Å². The van der Waals surface area contributed by atoms with Gasteiger partial charge in [0, 0.05) is 5.69 Å². The molecule has 0 spiro atoms. The number of aliphatic hydroxyl groups is 1. The molecule has 0 aromatic heterocycles. The largest absolute Gasteiger partial charge is 0.393 e. The molecule has 1 fully saturated rings. The molecule has 122 valence electrons. The second kappa shape index (κ2) is 7.75. The number of nitrogens with zero attached hydrogens (tertiary/aromatic N) is 1. The summed E-state index contributed by atoms with van der Waals surface area (Å²) < 4.78 is 0. The Morgan fingerprint density at radius 2 is 2.09 bits per heavy atom. The lowest BCUT2D eigenvalue weighted by molar-refractivity contribution is -0.117. The van der Waals surface area contributed by atoms with Gasteiger partial charge in [0.1, 0.15) is 0 Å². The molecular weight excluding hydrogens is 276 g/mol. The summed E-state index contributed by atoms with van der Waals surface area (Å²) >= 11 is 0. The van der Waals surface area contributed by atoms with E-state index in [2.05, 4.69) is 23.2 Å². The third-order valence-corrected chi connectivity index (χ3v) is 4.69. The number of benzene rings is 1. The summed E-state index contributed by atoms with van der Waals surface area (Å²) in [5.74, 6) is 0.432. The molecule has 2 rings (SSSR count). The number of rotatable bonds is 5. The number of aliphatic hydroxyl groups excluding tert-OH is 1. The lowest BCUT2D eigenvalue weighted by Gasteiger charge is -2.32. The van der Waals surface area contributed by atoms with Gasteiger partial charge in [-0.3, -0.25) is 9.69 Å². The van der Waals surface area contributed by atoms with Crippen LogP contribution >= 0.6 is 0 Å². The predicted molar refractivity (Wildman–Crippen MR) is 90.0 cm³/mol. The van der Waals surface area contributed by atoms with Crippen LogP contribution in [0.25, 0.3) is 0 Å². The zero-order chi connectivity index (χ0) is 16.1. The second-order valence-corrected chi connectivity index (χ2v) is 6.36. The minimum atomic E-state index is -0.241. The summed E-state index contributed by atoms with van der Waals surface area (Å²) in [6, 6.07) is 6.13. The van der Waals surface area contributed by atoms with E-state index in [0.29, 0.717) is 12.5 Å². The highest BCUT2D eigenvalue weighted by Gasteiger charge is 2.23. The molecule has 0 bridgehead atoms. The fraction of sp³-hybridized carbons (Fsp3) is 0.611. The first-order chi connectivity index (χ1) is 10.5. The van der Waals surface area contributed by atoms with Crippen molar-refractivity contribution >= 4 is 11.6 Å². The number of hydrogen-bond donors (Lipinski definition) is 2. The zero-order valence-electron chi connectivity index (χ0n) is 13.9. The van der Waals surface area contributed by atoms with Gasteiger partial charge in [0.15, 0.2) is 0 Å². The highest BCUT2D eigenvalue weighted by Crippen LogP contribution is 2.22. The molecule has 0 aliphatic carbocycles. The van der Waals surface area contributed by atoms with Crippen LogP contribution in [0, 0.1) is 12.8 Å². The van der Waals surface area contributed by atoms with Crippen molar-refractivity contribution in [1.29, 1.82) is 0 Å². The van der Waals surface area contributed by atoms with E-state index in [1.54, 1.807) is 0 Å². The van der Waals surface area contributed by atoms with Crippen molar-refractivity contribution in [3.8, 4) is 0 Å². The molecule has 4 nitrogen and oxygen atoms in total. The Morgan fingerprint density at radius 3 is 2.68 bits per heavy atom. The molecule has 0 radical (unpaired) electrons. The van der Waals surface area contributed by atoms with Crippen LogP contribution in [0.5, 0.6) is 0 Å². The average molecular weight is 304 g/mol. The fourth-order valence-electron chi connectivity index (χ4n) is 3.18. The average Bonchev–Trinajstić information content (AvgIpc) is 2.49. The normalized spacial score (nSPS) is 18.2. The molecule has 1 unspecified atom stereocenters. The van der Waals surface area contributed by atoms with Crippen molar-refractivity contribution in [2.75, 3.05) is 25.0 Å². The number of carbonyl (C=O) groups is 1. The van der Waals surface area contributed by atoms with Crippen molar-refractivity contribution in [3.05, 3.63) is 29.3 Å². The maximum absolute atomic E-state index is 12.3. The Hall–Kier alpha value is -1.39. The van der Waals surface area contributed by atoms with Gasteiger partial charge in [-0.1, -0.05) is 25.1 Å². The van der Waals surface area contributed by atoms with E-state index < -0.39 is 0 Å². The molecule has 1 atom stereocenters. The maximum atomic E-state index is 12.3. The first-order valence-electron chi connectivity index (χ1n) is 8.30. The lowest BCUT2D eigenvalue weighted by Crippen LogP contribution is -2.41. The van der Waals surface area contributed by atoms with Crippen LogP contribution in [0.4, 0.5) is 5.69 Å². The number of anilines is 1. The van der Waals surface area contributed by atoms with E-state index in [1.165, 1.54) is 5.56 Å². The molecule has 22 heavy (non-hydrogen) atoms. The third-order valence-electron chi connectivity index (χ3n) is 4.69. The SMILES string of the molecule is CCc1cccc(C)c1NC(=O)CN1CCC(C(C)O)CC1. The van der Waals surface area contributed by atoms with E-state index in [-0.39, 0.29) is 12.0 Å². The van der Waals surface area contributed by atoms with Gasteiger partial charge in [-0.05, 0) is 63.2 Å². The molecule has 2 N–H and O–H groups in total. The molecule has 1 aliphatic rings. The smallest absolute Gasteiger partial charge is 0.238 e. The van der Waals surface area contributed by atoms with E-state index in [0.717, 1.165) is 43.6 Å². The Morgan fingerprint density at radius 1 is 1.41 bits per heavy atom. The highest BCUT2D eigenvalue weighted by atomic mass is 16.3. The summed E-state index contributed by atoms with van der Waals surface area (Å²) in [5, 5.41) is 12.7. The van der Waals surface area contributed by atoms with Gasteiger partial charge >= 0.3 is 0 Å². The lowest BCUT2D eigenvalue weighted by atomic mass is 9.92. The molecule has 1 aromatic rings. The molecule has 1 aromatic carbocycles. The molecule has 4 heteroatoms. The first-order valence-corrected chi connectivity index (χ1v) is 8.30. The molecule has 0 saturated carbocycles. The van der Waals surface area contributed by atoms with Gasteiger partial charge in [0.25, 0.3) is 0 Å². The Bertz CT molecular complexity index is 506. The van der Waals surface area contributed by atoms with Crippen LogP contribution in [0.2, 0.25) is 0 Å². The quantitative estimate of drug-likeness (QED) is 0.879. The van der Waals surface area contributed by atoms with Gasteiger partial charge in [-0.2, -0.15) is 0 Å². The number of hydrogen-bond acceptors (Lipinski definition) is 3. The van der Waals surface area contributed by atoms with Crippen LogP contribution in [0.3, 0.4) is 0 Å². The van der Waals surface area contributed by atoms with Gasteiger partial charge in [-0.25, -0.2) is 0 Å². The number of amides is 1. The molecule has 1 aliphatic heterocycles. The van der Waals surface area contributed by atoms with Gasteiger partial charge in [0.2, 0.25) is 5.91 Å². The molecule has 1 saturated heterocycles. The van der Waals surface area contributed by atoms with Crippen molar-refractivity contribution in [3.63, 3.8) is 0 Å². The first kappa shape index (κ1) is 17.0. The predicted octanol–water partition coefficient (Wildman–Crippen LogP) is 2.59. The van der Waals surface area contributed by atoms with Crippen molar-refractivity contribution in [1.82, 2.24) is 4.90 Å². The Kier molecular flexibility index (Phi) is 5.98. The molecule has 1 heterocycles. The zero-order valence-corrected chi connectivity index (χ0v) is 13.9. The number of aryl methyl sites for hydroxylation is 2. The van der Waals surface area contributed by atoms with E-state index >= 15 is 0 Å². The highest BCUT2D eigenvalue weighted by molar-refractivity contribution is 5.93. The minimum absolute atomic E-state index is 0.0551. The minimum Gasteiger partial charge on any atom is -0.393 e. The third kappa shape index (κ3) is 4.31. The van der Waals surface area contributed by atoms with Crippen LogP contribution < -0.4 is 5.32 Å². The van der Waals surface area contributed by atoms with Crippen molar-refractivity contribution < 1.29 is 9.90 Å². The summed E-state index contributed by atoms with van der Waals surface area (Å²) in [5.41, 5.74) is 3.26. The van der Waals surface area contributed by atoms with E-state index in [1.807, 2.05) is 26.0 Å². The molecular formula is C18H28N2O2. The monoisotopic (exact) mass is 304 g/mol. The Labute approximate surface area is 133 Å². The van der Waals surface area contributed by atoms with Gasteiger partial charge in [0.05, 0.1) is 12.6 Å². The van der Waals surface area contributed by atoms with Crippen LogP contribution in [-0.2, 0) is 11.2 Å². The topological polar surface area (TPSA) is 52.6 Å². The number of para-hydroxylation sites is 1. The Balaban J connectivity index is 1.89. The van der Waals surface area contributed by atoms with Gasteiger partial charge < -0.3 is 10.4 Å². The fourth-order valence-corrected chi connectivity index (χ4v) is 3.18. The summed E-state index contributed by atoms with van der Waals surface area (Å²) in [7, 11) is 0. The number of likely N-dealkylation sites (tertiary alicyclic amines) is 1. The maximum Gasteiger partial charge on any atom is 0.238 e. The standard InChI is InChI=1S/C18H28N2O2/c1-4-15-7-5-6-13(2)18(15)19-17(22)12-20-10-8-16(9-11-20)14(3)21/h5-7,14,16,21H,4,8-12H2,1-3H3,(H,19,22). The van der Waals surface area contributed by atoms with Crippen molar-refractivity contribution in [2.45, 2.75) is 46.1 Å². The van der Waals surface area contributed by atoms with E-state index in [4.69, 9.17) is 0 Å². The van der Waals surface area contributed by atoms with Crippen LogP contribution in [-0.4, -0.2) is 41.7 Å². The second-order valence-electron chi connectivity index (χ2n) is 6.36. The number of nitrogens with one attached hydrogen (secondary N) is 1. The van der Waals surface area contributed by atoms with Crippen LogP contribution in [0.1, 0.15) is 37.8 Å². The summed E-state index contributed by atoms with van der Waals surface area (Å²) in [4.78, 5) is 14.5. The van der Waals surface area contributed by atoms with E-state index in [9.17, 15) is 9.90 Å². The van der Waals surface area contributed by atoms with Crippen molar-refractivity contribution in [2.24, 2.45) is 5.92 Å². The molecule has 1 amide bonds. The van der Waals surface area contributed by atoms with Crippen LogP contribution in [0.15, 0.2) is 18.2 Å². The summed E-state index contributed by atoms with van der Waals surface area (Å²) in [6.07, 6.45) is 2.61. The summed E-state index contributed by atoms with van der Waals surface area (Å²) in [6.45, 7) is 8.20. The number of carbonyl (C=O) groups excluding carboxylic acids is 1.